The first-order valence-electron chi connectivity index (χ1n) is 6.22. The molecule has 0 aliphatic heterocycles. The molecule has 2 N–H and O–H groups in total. The fourth-order valence-corrected chi connectivity index (χ4v) is 1.89. The maximum absolute atomic E-state index is 5.80. The molecule has 0 aliphatic rings. The van der Waals surface area contributed by atoms with Crippen LogP contribution in [-0.4, -0.2) is 34.0 Å². The molecule has 5 heteroatoms. The van der Waals surface area contributed by atoms with Crippen molar-refractivity contribution in [2.24, 2.45) is 5.73 Å². The number of benzene rings is 1. The summed E-state index contributed by atoms with van der Waals surface area (Å²) in [6, 6.07) is 3.62. The van der Waals surface area contributed by atoms with Crippen molar-refractivity contribution in [2.75, 3.05) is 27.9 Å². The highest BCUT2D eigenvalue weighted by Crippen LogP contribution is 2.38. The van der Waals surface area contributed by atoms with Gasteiger partial charge in [-0.25, -0.2) is 0 Å². The van der Waals surface area contributed by atoms with Crippen LogP contribution in [0.3, 0.4) is 0 Å². The van der Waals surface area contributed by atoms with Crippen LogP contribution >= 0.6 is 0 Å². The van der Waals surface area contributed by atoms with Crippen LogP contribution in [0.2, 0.25) is 0 Å². The third kappa shape index (κ3) is 3.75. The molecule has 0 heterocycles. The van der Waals surface area contributed by atoms with Crippen molar-refractivity contribution >= 4 is 0 Å². The standard InChI is InChI=1S/C14H23NO4/c1-9(2)19-14(8-15)10-6-12(17-4)13(18-5)7-11(10)16-3/h6-7,9,14H,8,15H2,1-5H3. The monoisotopic (exact) mass is 269 g/mol. The summed E-state index contributed by atoms with van der Waals surface area (Å²) in [5, 5.41) is 0. The Morgan fingerprint density at radius 2 is 1.47 bits per heavy atom. The molecule has 0 saturated heterocycles. The van der Waals surface area contributed by atoms with Crippen molar-refractivity contribution in [2.45, 2.75) is 26.1 Å². The molecule has 1 aromatic carbocycles. The summed E-state index contributed by atoms with van der Waals surface area (Å²) in [5.41, 5.74) is 6.64. The predicted molar refractivity (Wildman–Crippen MR) is 74.1 cm³/mol. The van der Waals surface area contributed by atoms with Crippen LogP contribution in [0.1, 0.15) is 25.5 Å². The largest absolute Gasteiger partial charge is 0.496 e. The van der Waals surface area contributed by atoms with Gasteiger partial charge in [-0.15, -0.1) is 0 Å². The van der Waals surface area contributed by atoms with E-state index >= 15 is 0 Å². The summed E-state index contributed by atoms with van der Waals surface area (Å²) in [5.74, 6) is 1.92. The summed E-state index contributed by atoms with van der Waals surface area (Å²) >= 11 is 0. The third-order valence-electron chi connectivity index (χ3n) is 2.73. The SMILES string of the molecule is COc1cc(OC)c(C(CN)OC(C)C)cc1OC. The van der Waals surface area contributed by atoms with E-state index in [-0.39, 0.29) is 12.2 Å². The molecule has 0 bridgehead atoms. The Morgan fingerprint density at radius 1 is 0.947 bits per heavy atom. The second-order valence-electron chi connectivity index (χ2n) is 4.36. The van der Waals surface area contributed by atoms with Crippen LogP contribution in [0, 0.1) is 0 Å². The smallest absolute Gasteiger partial charge is 0.164 e. The molecule has 1 unspecified atom stereocenters. The zero-order valence-electron chi connectivity index (χ0n) is 12.2. The van der Waals surface area contributed by atoms with Gasteiger partial charge in [-0.3, -0.25) is 0 Å². The van der Waals surface area contributed by atoms with Crippen LogP contribution in [0.15, 0.2) is 12.1 Å². The second-order valence-corrected chi connectivity index (χ2v) is 4.36. The third-order valence-corrected chi connectivity index (χ3v) is 2.73. The summed E-state index contributed by atoms with van der Waals surface area (Å²) in [4.78, 5) is 0. The van der Waals surface area contributed by atoms with Gasteiger partial charge in [0, 0.05) is 18.2 Å². The van der Waals surface area contributed by atoms with Crippen molar-refractivity contribution in [3.05, 3.63) is 17.7 Å². The van der Waals surface area contributed by atoms with Crippen molar-refractivity contribution in [1.82, 2.24) is 0 Å². The number of ether oxygens (including phenoxy) is 4. The van der Waals surface area contributed by atoms with Crippen molar-refractivity contribution < 1.29 is 18.9 Å². The average molecular weight is 269 g/mol. The van der Waals surface area contributed by atoms with Crippen LogP contribution in [0.4, 0.5) is 0 Å². The van der Waals surface area contributed by atoms with E-state index in [1.807, 2.05) is 19.9 Å². The number of hydrogen-bond donors (Lipinski definition) is 1. The van der Waals surface area contributed by atoms with E-state index in [0.29, 0.717) is 23.8 Å². The second kappa shape index (κ2) is 7.21. The summed E-state index contributed by atoms with van der Waals surface area (Å²) < 4.78 is 21.7. The average Bonchev–Trinajstić information content (AvgIpc) is 2.42. The Balaban J connectivity index is 3.23. The molecule has 0 fully saturated rings. The molecule has 0 radical (unpaired) electrons. The summed E-state index contributed by atoms with van der Waals surface area (Å²) in [6.07, 6.45) is -0.166. The zero-order valence-corrected chi connectivity index (χ0v) is 12.2. The van der Waals surface area contributed by atoms with Gasteiger partial charge in [0.15, 0.2) is 11.5 Å². The molecule has 0 aromatic heterocycles. The van der Waals surface area contributed by atoms with E-state index in [9.17, 15) is 0 Å². The number of hydrogen-bond acceptors (Lipinski definition) is 5. The lowest BCUT2D eigenvalue weighted by Gasteiger charge is -2.22. The first-order chi connectivity index (χ1) is 9.07. The van der Waals surface area contributed by atoms with E-state index in [1.165, 1.54) is 0 Å². The number of methoxy groups -OCH3 is 3. The normalized spacial score (nSPS) is 12.4. The zero-order chi connectivity index (χ0) is 14.4. The molecule has 1 atom stereocenters. The van der Waals surface area contributed by atoms with Gasteiger partial charge in [0.2, 0.25) is 0 Å². The molecule has 1 rings (SSSR count). The van der Waals surface area contributed by atoms with Crippen LogP contribution in [0.25, 0.3) is 0 Å². The van der Waals surface area contributed by atoms with Gasteiger partial charge in [-0.05, 0) is 19.9 Å². The molecular formula is C14H23NO4. The minimum atomic E-state index is -0.241. The van der Waals surface area contributed by atoms with Crippen LogP contribution in [-0.2, 0) is 4.74 Å². The fraction of sp³-hybridized carbons (Fsp3) is 0.571. The Kier molecular flexibility index (Phi) is 5.92. The number of nitrogens with two attached hydrogens (primary N) is 1. The highest BCUT2D eigenvalue weighted by Gasteiger charge is 2.20. The molecule has 0 amide bonds. The van der Waals surface area contributed by atoms with Gasteiger partial charge >= 0.3 is 0 Å². The summed E-state index contributed by atoms with van der Waals surface area (Å²) in [7, 11) is 4.78. The maximum Gasteiger partial charge on any atom is 0.164 e. The number of rotatable bonds is 7. The highest BCUT2D eigenvalue weighted by atomic mass is 16.5. The van der Waals surface area contributed by atoms with E-state index in [2.05, 4.69) is 0 Å². The molecule has 5 nitrogen and oxygen atoms in total. The Bertz CT molecular complexity index is 407. The van der Waals surface area contributed by atoms with Gasteiger partial charge in [-0.1, -0.05) is 0 Å². The Hall–Kier alpha value is -1.46. The van der Waals surface area contributed by atoms with Gasteiger partial charge in [0.1, 0.15) is 5.75 Å². The lowest BCUT2D eigenvalue weighted by atomic mass is 10.1. The molecule has 0 aliphatic carbocycles. The Labute approximate surface area is 114 Å². The fourth-order valence-electron chi connectivity index (χ4n) is 1.89. The first kappa shape index (κ1) is 15.6. The van der Waals surface area contributed by atoms with E-state index < -0.39 is 0 Å². The van der Waals surface area contributed by atoms with Gasteiger partial charge < -0.3 is 24.7 Å². The van der Waals surface area contributed by atoms with Crippen molar-refractivity contribution in [3.63, 3.8) is 0 Å². The minimum absolute atomic E-state index is 0.0753. The van der Waals surface area contributed by atoms with E-state index in [1.54, 1.807) is 27.4 Å². The first-order valence-corrected chi connectivity index (χ1v) is 6.22. The molecule has 19 heavy (non-hydrogen) atoms. The Morgan fingerprint density at radius 3 is 1.89 bits per heavy atom. The topological polar surface area (TPSA) is 62.9 Å². The lowest BCUT2D eigenvalue weighted by Crippen LogP contribution is -2.20. The molecule has 1 aromatic rings. The minimum Gasteiger partial charge on any atom is -0.496 e. The van der Waals surface area contributed by atoms with Gasteiger partial charge in [0.25, 0.3) is 0 Å². The summed E-state index contributed by atoms with van der Waals surface area (Å²) in [6.45, 7) is 4.30. The van der Waals surface area contributed by atoms with E-state index in [4.69, 9.17) is 24.7 Å². The van der Waals surface area contributed by atoms with Crippen molar-refractivity contribution in [1.29, 1.82) is 0 Å². The van der Waals surface area contributed by atoms with Gasteiger partial charge in [0.05, 0.1) is 33.5 Å². The van der Waals surface area contributed by atoms with Gasteiger partial charge in [-0.2, -0.15) is 0 Å². The molecular weight excluding hydrogens is 246 g/mol. The van der Waals surface area contributed by atoms with Crippen LogP contribution in [0.5, 0.6) is 17.2 Å². The van der Waals surface area contributed by atoms with Crippen molar-refractivity contribution in [3.8, 4) is 17.2 Å². The highest BCUT2D eigenvalue weighted by molar-refractivity contribution is 5.51. The van der Waals surface area contributed by atoms with Crippen LogP contribution < -0.4 is 19.9 Å². The molecule has 0 spiro atoms. The predicted octanol–water partition coefficient (Wildman–Crippen LogP) is 2.14. The maximum atomic E-state index is 5.80. The quantitative estimate of drug-likeness (QED) is 0.821. The van der Waals surface area contributed by atoms with E-state index in [0.717, 1.165) is 5.56 Å². The lowest BCUT2D eigenvalue weighted by molar-refractivity contribution is 0.0106. The molecule has 0 saturated carbocycles. The molecule has 108 valence electrons.